The van der Waals surface area contributed by atoms with Crippen LogP contribution < -0.4 is 9.80 Å². The van der Waals surface area contributed by atoms with E-state index in [2.05, 4.69) is 25.0 Å². The molecule has 3 aliphatic heterocycles. The number of hydrogen-bond donors (Lipinski definition) is 0. The van der Waals surface area contributed by atoms with Gasteiger partial charge in [0.25, 0.3) is 0 Å². The Morgan fingerprint density at radius 2 is 1.92 bits per heavy atom. The fourth-order valence-electron chi connectivity index (χ4n) is 5.24. The zero-order valence-corrected chi connectivity index (χ0v) is 21.0. The highest BCUT2D eigenvalue weighted by atomic mass is 35.5. The second-order valence-corrected chi connectivity index (χ2v) is 10.5. The van der Waals surface area contributed by atoms with Gasteiger partial charge in [-0.25, -0.2) is 14.2 Å². The molecule has 1 atom stereocenters. The van der Waals surface area contributed by atoms with Crippen molar-refractivity contribution >= 4 is 29.5 Å². The number of carbonyl (C=O) groups is 1. The van der Waals surface area contributed by atoms with Crippen LogP contribution in [0.5, 0.6) is 0 Å². The zero-order chi connectivity index (χ0) is 25.0. The fraction of sp³-hybridized carbons (Fsp3) is 0.440. The number of ether oxygens (including phenoxy) is 1. The van der Waals surface area contributed by atoms with Crippen LogP contribution in [0.15, 0.2) is 36.5 Å². The Hall–Kier alpha value is -3.40. The second-order valence-electron chi connectivity index (χ2n) is 10.0. The van der Waals surface area contributed by atoms with Gasteiger partial charge in [0.1, 0.15) is 17.7 Å². The number of halogens is 2. The van der Waals surface area contributed by atoms with Gasteiger partial charge in [-0.15, -0.1) is 10.2 Å². The third-order valence-corrected chi connectivity index (χ3v) is 7.48. The number of rotatable bonds is 4. The lowest BCUT2D eigenvalue weighted by Gasteiger charge is -2.60. The van der Waals surface area contributed by atoms with E-state index in [0.29, 0.717) is 17.4 Å². The first-order valence-electron chi connectivity index (χ1n) is 12.1. The smallest absolute Gasteiger partial charge is 0.410 e. The van der Waals surface area contributed by atoms with Crippen molar-refractivity contribution in [2.75, 3.05) is 36.0 Å². The molecule has 1 aromatic carbocycles. The quantitative estimate of drug-likeness (QED) is 0.523. The number of benzene rings is 1. The third-order valence-electron chi connectivity index (χ3n) is 7.25. The third kappa shape index (κ3) is 3.93. The molecule has 11 heteroatoms. The van der Waals surface area contributed by atoms with E-state index in [4.69, 9.17) is 16.3 Å². The summed E-state index contributed by atoms with van der Waals surface area (Å²) in [6.45, 7) is 7.94. The fourth-order valence-corrected chi connectivity index (χ4v) is 5.43. The highest BCUT2D eigenvalue weighted by Gasteiger charge is 2.53. The predicted octanol–water partition coefficient (Wildman–Crippen LogP) is 4.03. The van der Waals surface area contributed by atoms with Crippen LogP contribution in [-0.4, -0.2) is 63.0 Å². The van der Waals surface area contributed by atoms with Crippen molar-refractivity contribution in [1.82, 2.24) is 24.6 Å². The van der Waals surface area contributed by atoms with E-state index in [1.807, 2.05) is 36.6 Å². The molecule has 9 nitrogen and oxygen atoms in total. The molecule has 1 spiro atoms. The zero-order valence-electron chi connectivity index (χ0n) is 20.2. The number of pyridine rings is 1. The maximum atomic E-state index is 13.2. The molecule has 0 bridgehead atoms. The molecule has 2 aromatic heterocycles. The Kier molecular flexibility index (Phi) is 5.51. The van der Waals surface area contributed by atoms with Gasteiger partial charge in [0, 0.05) is 36.6 Å². The molecule has 2 saturated heterocycles. The summed E-state index contributed by atoms with van der Waals surface area (Å²) in [6.07, 6.45) is 1.45. The van der Waals surface area contributed by atoms with Crippen molar-refractivity contribution in [1.29, 1.82) is 0 Å². The summed E-state index contributed by atoms with van der Waals surface area (Å²) in [4.78, 5) is 23.1. The monoisotopic (exact) mass is 511 g/mol. The van der Waals surface area contributed by atoms with Crippen molar-refractivity contribution in [2.45, 2.75) is 39.5 Å². The highest BCUT2D eigenvalue weighted by molar-refractivity contribution is 6.30. The summed E-state index contributed by atoms with van der Waals surface area (Å²) >= 11 is 6.33. The van der Waals surface area contributed by atoms with E-state index in [1.165, 1.54) is 12.3 Å². The Morgan fingerprint density at radius 1 is 1.14 bits per heavy atom. The highest BCUT2D eigenvalue weighted by Crippen LogP contribution is 2.44. The standard InChI is InChI=1S/C25H27ClFN7O2/c1-3-16(2)36-24(35)31-10-17-8-18(26)4-6-20(17)34-22(11-31)29-30-23(34)33-14-25(15-33)12-32(13-25)21-7-5-19(27)9-28-21/h4-9,16H,3,10-15H2,1-2H3/t16-/m1/s1. The van der Waals surface area contributed by atoms with Crippen LogP contribution in [0.4, 0.5) is 21.0 Å². The molecule has 0 aliphatic carbocycles. The van der Waals surface area contributed by atoms with E-state index < -0.39 is 0 Å². The first-order valence-corrected chi connectivity index (χ1v) is 12.5. The molecule has 188 valence electrons. The number of amides is 1. The van der Waals surface area contributed by atoms with E-state index in [0.717, 1.165) is 55.6 Å². The summed E-state index contributed by atoms with van der Waals surface area (Å²) in [5, 5.41) is 9.60. The van der Waals surface area contributed by atoms with Crippen LogP contribution in [0.1, 0.15) is 31.7 Å². The Bertz CT molecular complexity index is 1300. The lowest BCUT2D eigenvalue weighted by molar-refractivity contribution is 0.0637. The molecule has 36 heavy (non-hydrogen) atoms. The van der Waals surface area contributed by atoms with Crippen molar-refractivity contribution in [3.63, 3.8) is 0 Å². The molecule has 1 amide bonds. The maximum Gasteiger partial charge on any atom is 0.410 e. The van der Waals surface area contributed by atoms with Crippen LogP contribution >= 0.6 is 11.6 Å². The molecule has 2 fully saturated rings. The number of anilines is 2. The summed E-state index contributed by atoms with van der Waals surface area (Å²) < 4.78 is 20.8. The van der Waals surface area contributed by atoms with Gasteiger partial charge in [-0.2, -0.15) is 0 Å². The number of nitrogens with zero attached hydrogens (tertiary/aromatic N) is 7. The molecular formula is C25H27ClFN7O2. The minimum absolute atomic E-state index is 0.155. The Labute approximate surface area is 213 Å². The average molecular weight is 512 g/mol. The first kappa shape index (κ1) is 23.0. The first-order chi connectivity index (χ1) is 17.3. The van der Waals surface area contributed by atoms with E-state index in [1.54, 1.807) is 11.0 Å². The summed E-state index contributed by atoms with van der Waals surface area (Å²) in [5.74, 6) is 1.91. The van der Waals surface area contributed by atoms with Gasteiger partial charge in [0.15, 0.2) is 5.82 Å². The number of aromatic nitrogens is 4. The van der Waals surface area contributed by atoms with Crippen LogP contribution in [0.3, 0.4) is 0 Å². The lowest BCUT2D eigenvalue weighted by atomic mass is 9.73. The van der Waals surface area contributed by atoms with Gasteiger partial charge in [-0.3, -0.25) is 9.47 Å². The molecule has 3 aliphatic rings. The van der Waals surface area contributed by atoms with Crippen molar-refractivity contribution in [3.8, 4) is 5.69 Å². The molecule has 0 N–H and O–H groups in total. The van der Waals surface area contributed by atoms with Crippen LogP contribution in [0, 0.1) is 11.2 Å². The van der Waals surface area contributed by atoms with Gasteiger partial charge >= 0.3 is 6.09 Å². The Balaban J connectivity index is 1.23. The summed E-state index contributed by atoms with van der Waals surface area (Å²) in [7, 11) is 0. The molecule has 6 rings (SSSR count). The van der Waals surface area contributed by atoms with Crippen LogP contribution in [-0.2, 0) is 17.8 Å². The lowest BCUT2D eigenvalue weighted by Crippen LogP contribution is -2.73. The molecule has 3 aromatic rings. The second kappa shape index (κ2) is 8.62. The van der Waals surface area contributed by atoms with Crippen molar-refractivity contribution in [3.05, 3.63) is 58.8 Å². The molecular weight excluding hydrogens is 485 g/mol. The summed E-state index contributed by atoms with van der Waals surface area (Å²) in [6, 6.07) is 8.85. The normalized spacial score (nSPS) is 18.6. The minimum atomic E-state index is -0.375. The Morgan fingerprint density at radius 3 is 2.64 bits per heavy atom. The predicted molar refractivity (Wildman–Crippen MR) is 133 cm³/mol. The number of hydrogen-bond acceptors (Lipinski definition) is 7. The van der Waals surface area contributed by atoms with Crippen molar-refractivity contribution in [2.24, 2.45) is 5.41 Å². The van der Waals surface area contributed by atoms with Gasteiger partial charge in [0.2, 0.25) is 5.95 Å². The van der Waals surface area contributed by atoms with Gasteiger partial charge in [-0.1, -0.05) is 18.5 Å². The van der Waals surface area contributed by atoms with Crippen LogP contribution in [0.2, 0.25) is 5.02 Å². The topological polar surface area (TPSA) is 79.6 Å². The number of carbonyl (C=O) groups excluding carboxylic acids is 1. The largest absolute Gasteiger partial charge is 0.446 e. The summed E-state index contributed by atoms with van der Waals surface area (Å²) in [5.41, 5.74) is 1.98. The van der Waals surface area contributed by atoms with E-state index in [-0.39, 0.29) is 30.0 Å². The minimum Gasteiger partial charge on any atom is -0.446 e. The van der Waals surface area contributed by atoms with Gasteiger partial charge < -0.3 is 14.5 Å². The van der Waals surface area contributed by atoms with Crippen molar-refractivity contribution < 1.29 is 13.9 Å². The van der Waals surface area contributed by atoms with E-state index in [9.17, 15) is 9.18 Å². The van der Waals surface area contributed by atoms with Gasteiger partial charge in [0.05, 0.1) is 25.0 Å². The average Bonchev–Trinajstić information content (AvgIpc) is 3.13. The SMILES string of the molecule is CC[C@@H](C)OC(=O)N1Cc2cc(Cl)ccc2-n2c(nnc2N2CC3(CN(c4ccc(F)cn4)C3)C2)C1. The van der Waals surface area contributed by atoms with Gasteiger partial charge in [-0.05, 0) is 49.2 Å². The van der Waals surface area contributed by atoms with E-state index >= 15 is 0 Å². The van der Waals surface area contributed by atoms with Crippen LogP contribution in [0.25, 0.3) is 5.69 Å². The molecule has 0 unspecified atom stereocenters. The maximum absolute atomic E-state index is 13.2. The molecule has 0 saturated carbocycles. The molecule has 0 radical (unpaired) electrons. The number of fused-ring (bicyclic) bond motifs is 3. The molecule has 5 heterocycles.